The first-order valence-corrected chi connectivity index (χ1v) is 6.35. The van der Waals surface area contributed by atoms with Gasteiger partial charge in [-0.1, -0.05) is 11.6 Å². The second-order valence-corrected chi connectivity index (χ2v) is 5.30. The fourth-order valence-corrected chi connectivity index (χ4v) is 2.69. The molecule has 3 rings (SSSR count). The molecule has 2 heterocycles. The number of rotatable bonds is 1. The first kappa shape index (κ1) is 11.3. The molecule has 0 aromatic rings. The summed E-state index contributed by atoms with van der Waals surface area (Å²) in [6, 6.07) is 0.228. The van der Waals surface area contributed by atoms with Crippen LogP contribution >= 0.6 is 11.6 Å². The van der Waals surface area contributed by atoms with Crippen molar-refractivity contribution in [3.63, 3.8) is 0 Å². The van der Waals surface area contributed by atoms with E-state index >= 15 is 0 Å². The Labute approximate surface area is 104 Å². The highest BCUT2D eigenvalue weighted by Gasteiger charge is 2.48. The van der Waals surface area contributed by atoms with E-state index in [1.807, 2.05) is 0 Å². The molecule has 3 aliphatic rings. The largest absolute Gasteiger partial charge is 0.370 e. The maximum atomic E-state index is 13.5. The fourth-order valence-electron chi connectivity index (χ4n) is 2.53. The molecule has 0 radical (unpaired) electrons. The van der Waals surface area contributed by atoms with Crippen LogP contribution in [-0.4, -0.2) is 29.7 Å². The molecule has 1 aliphatic carbocycles. The van der Waals surface area contributed by atoms with Gasteiger partial charge in [0.2, 0.25) is 0 Å². The van der Waals surface area contributed by atoms with Gasteiger partial charge < -0.3 is 15.4 Å². The Balaban J connectivity index is 1.64. The van der Waals surface area contributed by atoms with Gasteiger partial charge in [-0.2, -0.15) is 0 Å². The van der Waals surface area contributed by atoms with Crippen LogP contribution in [0.5, 0.6) is 0 Å². The van der Waals surface area contributed by atoms with Crippen molar-refractivity contribution in [2.45, 2.75) is 43.0 Å². The molecular formula is C11H15ClFN3O. The summed E-state index contributed by atoms with van der Waals surface area (Å²) in [6.07, 6.45) is 5.44. The number of nitrogens with zero attached hydrogens (tertiary/aromatic N) is 1. The predicted molar refractivity (Wildman–Crippen MR) is 63.5 cm³/mol. The third-order valence-corrected chi connectivity index (χ3v) is 3.74. The van der Waals surface area contributed by atoms with E-state index < -0.39 is 11.5 Å². The van der Waals surface area contributed by atoms with E-state index in [-0.39, 0.29) is 17.5 Å². The number of aliphatic imine (C=N–C) groups is 1. The van der Waals surface area contributed by atoms with Crippen LogP contribution in [0.1, 0.15) is 25.7 Å². The summed E-state index contributed by atoms with van der Waals surface area (Å²) in [5, 5.41) is 5.74. The maximum Gasteiger partial charge on any atom is 0.197 e. The van der Waals surface area contributed by atoms with Gasteiger partial charge in [0, 0.05) is 12.2 Å². The number of halogens is 2. The monoisotopic (exact) mass is 259 g/mol. The van der Waals surface area contributed by atoms with Gasteiger partial charge in [0.15, 0.2) is 17.3 Å². The molecule has 0 aromatic carbocycles. The van der Waals surface area contributed by atoms with Crippen molar-refractivity contribution >= 4 is 17.4 Å². The van der Waals surface area contributed by atoms with Crippen LogP contribution in [-0.2, 0) is 4.74 Å². The standard InChI is InChI=1S/C11H15ClFN3O/c12-10-14-5-8(13)9(16-10)15-7-2-1-3-11(4-7)6-17-11/h5,7,10,14H,1-4,6H2,(H,15,16)/t7-,10?,11-/m0/s1. The molecule has 0 bridgehead atoms. The Kier molecular flexibility index (Phi) is 2.75. The van der Waals surface area contributed by atoms with E-state index in [1.54, 1.807) is 0 Å². The summed E-state index contributed by atoms with van der Waals surface area (Å²) in [5.41, 5.74) is -0.518. The lowest BCUT2D eigenvalue weighted by molar-refractivity contribution is 0.213. The lowest BCUT2D eigenvalue weighted by atomic mass is 9.86. The number of nitrogens with one attached hydrogen (secondary N) is 2. The van der Waals surface area contributed by atoms with E-state index in [9.17, 15) is 4.39 Å². The molecular weight excluding hydrogens is 245 g/mol. The van der Waals surface area contributed by atoms with Crippen molar-refractivity contribution < 1.29 is 9.13 Å². The molecule has 1 spiro atoms. The molecule has 0 aromatic heterocycles. The molecule has 0 amide bonds. The first-order valence-electron chi connectivity index (χ1n) is 5.91. The van der Waals surface area contributed by atoms with Gasteiger partial charge in [0.25, 0.3) is 0 Å². The van der Waals surface area contributed by atoms with Crippen molar-refractivity contribution in [3.8, 4) is 0 Å². The van der Waals surface area contributed by atoms with Gasteiger partial charge in [-0.25, -0.2) is 9.38 Å². The molecule has 2 aliphatic heterocycles. The molecule has 1 saturated heterocycles. The highest BCUT2D eigenvalue weighted by Crippen LogP contribution is 2.41. The lowest BCUT2D eigenvalue weighted by Crippen LogP contribution is -2.43. The minimum absolute atomic E-state index is 0.0734. The summed E-state index contributed by atoms with van der Waals surface area (Å²) in [7, 11) is 0. The van der Waals surface area contributed by atoms with Crippen LogP contribution in [0.2, 0.25) is 0 Å². The summed E-state index contributed by atoms with van der Waals surface area (Å²) >= 11 is 5.79. The maximum absolute atomic E-state index is 13.5. The van der Waals surface area contributed by atoms with Crippen molar-refractivity contribution in [1.29, 1.82) is 0 Å². The van der Waals surface area contributed by atoms with Gasteiger partial charge in [0.05, 0.1) is 12.2 Å². The second-order valence-electron chi connectivity index (χ2n) is 4.88. The number of epoxide rings is 1. The zero-order valence-electron chi connectivity index (χ0n) is 9.38. The van der Waals surface area contributed by atoms with Crippen LogP contribution in [0.3, 0.4) is 0 Å². The summed E-state index contributed by atoms with van der Waals surface area (Å²) in [5.74, 6) is -0.135. The zero-order chi connectivity index (χ0) is 11.9. The van der Waals surface area contributed by atoms with E-state index in [0.717, 1.165) is 32.3 Å². The number of alkyl halides is 1. The van der Waals surface area contributed by atoms with Crippen LogP contribution in [0.15, 0.2) is 17.0 Å². The van der Waals surface area contributed by atoms with E-state index in [1.165, 1.54) is 6.20 Å². The Morgan fingerprint density at radius 3 is 3.24 bits per heavy atom. The van der Waals surface area contributed by atoms with E-state index in [2.05, 4.69) is 15.6 Å². The topological polar surface area (TPSA) is 49.0 Å². The molecule has 2 N–H and O–H groups in total. The third kappa shape index (κ3) is 2.40. The van der Waals surface area contributed by atoms with E-state index in [4.69, 9.17) is 16.3 Å². The fraction of sp³-hybridized carbons (Fsp3) is 0.727. The van der Waals surface area contributed by atoms with Crippen LogP contribution in [0, 0.1) is 0 Å². The highest BCUT2D eigenvalue weighted by molar-refractivity contribution is 6.21. The molecule has 1 unspecified atom stereocenters. The Morgan fingerprint density at radius 1 is 1.65 bits per heavy atom. The van der Waals surface area contributed by atoms with Crippen LogP contribution in [0.4, 0.5) is 4.39 Å². The Hall–Kier alpha value is -0.810. The molecule has 94 valence electrons. The molecule has 17 heavy (non-hydrogen) atoms. The average molecular weight is 260 g/mol. The minimum Gasteiger partial charge on any atom is -0.370 e. The number of hydrogen-bond acceptors (Lipinski definition) is 4. The van der Waals surface area contributed by atoms with Crippen molar-refractivity contribution in [3.05, 3.63) is 12.0 Å². The summed E-state index contributed by atoms with van der Waals surface area (Å²) in [4.78, 5) is 4.00. The highest BCUT2D eigenvalue weighted by atomic mass is 35.5. The van der Waals surface area contributed by atoms with Gasteiger partial charge in [0.1, 0.15) is 0 Å². The Morgan fingerprint density at radius 2 is 2.47 bits per heavy atom. The molecule has 4 nitrogen and oxygen atoms in total. The zero-order valence-corrected chi connectivity index (χ0v) is 10.1. The second kappa shape index (κ2) is 4.14. The normalized spacial score (nSPS) is 40.4. The molecule has 6 heteroatoms. The lowest BCUT2D eigenvalue weighted by Gasteiger charge is -2.29. The number of hydrogen-bond donors (Lipinski definition) is 2. The van der Waals surface area contributed by atoms with Crippen LogP contribution in [0.25, 0.3) is 0 Å². The van der Waals surface area contributed by atoms with Gasteiger partial charge in [-0.15, -0.1) is 0 Å². The van der Waals surface area contributed by atoms with Gasteiger partial charge in [-0.05, 0) is 25.7 Å². The Bertz CT molecular complexity index is 381. The van der Waals surface area contributed by atoms with Gasteiger partial charge >= 0.3 is 0 Å². The number of ether oxygens (including phenoxy) is 1. The average Bonchev–Trinajstić information content (AvgIpc) is 3.03. The van der Waals surface area contributed by atoms with Crippen molar-refractivity contribution in [2.75, 3.05) is 6.61 Å². The molecule has 2 fully saturated rings. The summed E-state index contributed by atoms with van der Waals surface area (Å²) in [6.45, 7) is 0.843. The summed E-state index contributed by atoms with van der Waals surface area (Å²) < 4.78 is 19.0. The molecule has 3 atom stereocenters. The number of amidine groups is 1. The smallest absolute Gasteiger partial charge is 0.197 e. The minimum atomic E-state index is -0.591. The van der Waals surface area contributed by atoms with Gasteiger partial charge in [-0.3, -0.25) is 0 Å². The van der Waals surface area contributed by atoms with Crippen molar-refractivity contribution in [1.82, 2.24) is 10.6 Å². The molecule has 1 saturated carbocycles. The quantitative estimate of drug-likeness (QED) is 0.427. The third-order valence-electron chi connectivity index (χ3n) is 3.51. The van der Waals surface area contributed by atoms with Crippen LogP contribution < -0.4 is 10.6 Å². The van der Waals surface area contributed by atoms with Crippen molar-refractivity contribution in [2.24, 2.45) is 4.99 Å². The predicted octanol–water partition coefficient (Wildman–Crippen LogP) is 1.62. The van der Waals surface area contributed by atoms with E-state index in [0.29, 0.717) is 0 Å². The first-order chi connectivity index (χ1) is 8.17. The SMILES string of the molecule is FC1=CNC(Cl)N=C1N[C@H]1CCC[C@@]2(CO2)C1.